The predicted octanol–water partition coefficient (Wildman–Crippen LogP) is 4.18. The summed E-state index contributed by atoms with van der Waals surface area (Å²) in [5, 5.41) is 0. The number of methoxy groups -OCH3 is 1. The number of rotatable bonds is 7. The number of carbonyl (C=O) groups excluding carboxylic acids is 1. The van der Waals surface area contributed by atoms with Gasteiger partial charge in [0.25, 0.3) is 0 Å². The lowest BCUT2D eigenvalue weighted by molar-refractivity contribution is -0.145. The molecular formula is C16H22O3S2. The topological polar surface area (TPSA) is 49.4 Å². The molecule has 2 rings (SSSR count). The molecule has 3 nitrogen and oxygen atoms in total. The van der Waals surface area contributed by atoms with Crippen LogP contribution in [0.4, 0.5) is 0 Å². The third-order valence-corrected chi connectivity index (χ3v) is 6.90. The summed E-state index contributed by atoms with van der Waals surface area (Å²) in [4.78, 5) is 11.8. The third kappa shape index (κ3) is 4.18. The van der Waals surface area contributed by atoms with Gasteiger partial charge in [-0.1, -0.05) is 38.1 Å². The smallest absolute Gasteiger partial charge is 0.308 e. The Labute approximate surface area is 133 Å². The maximum absolute atomic E-state index is 11.8. The molecule has 5 heteroatoms. The molecule has 1 aromatic rings. The second-order valence-corrected chi connectivity index (χ2v) is 8.84. The van der Waals surface area contributed by atoms with Gasteiger partial charge in [-0.25, -0.2) is 0 Å². The van der Waals surface area contributed by atoms with E-state index >= 15 is 0 Å². The molecule has 0 radical (unpaired) electrons. The van der Waals surface area contributed by atoms with Gasteiger partial charge in [0.15, 0.2) is 10.8 Å². The van der Waals surface area contributed by atoms with Gasteiger partial charge >= 0.3 is 5.97 Å². The van der Waals surface area contributed by atoms with Crippen LogP contribution in [0.5, 0.6) is 0 Å². The lowest BCUT2D eigenvalue weighted by Gasteiger charge is -2.20. The Bertz CT molecular complexity index is 475. The monoisotopic (exact) mass is 326 g/mol. The average Bonchev–Trinajstić information content (AvgIpc) is 3.25. The largest absolute Gasteiger partial charge is 0.604 e. The van der Waals surface area contributed by atoms with Crippen molar-refractivity contribution in [1.29, 1.82) is 0 Å². The van der Waals surface area contributed by atoms with Crippen LogP contribution in [-0.2, 0) is 19.7 Å². The number of hydrogen-bond donors (Lipinski definition) is 0. The molecule has 0 bridgehead atoms. The van der Waals surface area contributed by atoms with Crippen molar-refractivity contribution >= 4 is 27.0 Å². The highest BCUT2D eigenvalue weighted by Crippen LogP contribution is 2.57. The molecule has 1 saturated heterocycles. The van der Waals surface area contributed by atoms with E-state index in [2.05, 4.69) is 31.2 Å². The Hall–Kier alpha value is -0.650. The predicted molar refractivity (Wildman–Crippen MR) is 88.4 cm³/mol. The molecule has 1 fully saturated rings. The first-order chi connectivity index (χ1) is 10.1. The number of ether oxygens (including phenoxy) is 1. The van der Waals surface area contributed by atoms with Gasteiger partial charge in [-0.05, 0) is 30.7 Å². The molecule has 0 aromatic heterocycles. The van der Waals surface area contributed by atoms with Crippen LogP contribution in [0, 0.1) is 5.92 Å². The summed E-state index contributed by atoms with van der Waals surface area (Å²) in [6, 6.07) is 8.37. The summed E-state index contributed by atoms with van der Waals surface area (Å²) in [5.74, 6) is 0.212. The molecule has 1 aliphatic rings. The first-order valence-corrected chi connectivity index (χ1v) is 9.97. The molecule has 21 heavy (non-hydrogen) atoms. The Morgan fingerprint density at radius 1 is 1.33 bits per heavy atom. The van der Waals surface area contributed by atoms with Crippen molar-refractivity contribution in [3.05, 3.63) is 35.4 Å². The maximum Gasteiger partial charge on any atom is 0.308 e. The maximum atomic E-state index is 11.8. The van der Waals surface area contributed by atoms with E-state index in [0.717, 1.165) is 24.8 Å². The Balaban J connectivity index is 2.04. The van der Waals surface area contributed by atoms with E-state index in [4.69, 9.17) is 4.74 Å². The normalized spacial score (nSPS) is 23.4. The van der Waals surface area contributed by atoms with Crippen LogP contribution >= 0.6 is 10.8 Å². The second-order valence-electron chi connectivity index (χ2n) is 5.32. The van der Waals surface area contributed by atoms with Gasteiger partial charge in [0, 0.05) is 15.8 Å². The quantitative estimate of drug-likeness (QED) is 0.326. The van der Waals surface area contributed by atoms with Crippen LogP contribution in [0.25, 0.3) is 0 Å². The molecule has 0 saturated carbocycles. The zero-order valence-corrected chi connectivity index (χ0v) is 14.3. The van der Waals surface area contributed by atoms with Crippen molar-refractivity contribution in [2.24, 2.45) is 5.92 Å². The van der Waals surface area contributed by atoms with Crippen LogP contribution in [-0.4, -0.2) is 17.6 Å². The van der Waals surface area contributed by atoms with Gasteiger partial charge < -0.3 is 9.29 Å². The fraction of sp³-hybridized carbons (Fsp3) is 0.562. The summed E-state index contributed by atoms with van der Waals surface area (Å²) in [6.07, 6.45) is 2.62. The molecule has 116 valence electrons. The zero-order chi connectivity index (χ0) is 15.4. The van der Waals surface area contributed by atoms with Crippen LogP contribution in [0.2, 0.25) is 0 Å². The molecule has 0 aliphatic carbocycles. The van der Waals surface area contributed by atoms with Gasteiger partial charge in [0.1, 0.15) is 0 Å². The van der Waals surface area contributed by atoms with Gasteiger partial charge in [0.05, 0.1) is 13.0 Å². The fourth-order valence-corrected chi connectivity index (χ4v) is 4.74. The molecule has 1 heterocycles. The number of hydrogen-bond acceptors (Lipinski definition) is 4. The summed E-state index contributed by atoms with van der Waals surface area (Å²) >= 11 is 0. The van der Waals surface area contributed by atoms with Crippen molar-refractivity contribution < 1.29 is 14.1 Å². The minimum Gasteiger partial charge on any atom is -0.604 e. The van der Waals surface area contributed by atoms with E-state index in [9.17, 15) is 9.35 Å². The van der Waals surface area contributed by atoms with E-state index in [1.807, 2.05) is 6.92 Å². The van der Waals surface area contributed by atoms with Crippen LogP contribution < -0.4 is 0 Å². The van der Waals surface area contributed by atoms with Gasteiger partial charge in [-0.3, -0.25) is 4.79 Å². The van der Waals surface area contributed by atoms with Crippen molar-refractivity contribution in [2.75, 3.05) is 7.11 Å². The highest BCUT2D eigenvalue weighted by Gasteiger charge is 2.47. The third-order valence-electron chi connectivity index (χ3n) is 4.09. The molecule has 1 aromatic carbocycles. The Morgan fingerprint density at radius 2 is 1.95 bits per heavy atom. The molecule has 0 spiro atoms. The van der Waals surface area contributed by atoms with E-state index in [1.165, 1.54) is 23.5 Å². The molecule has 4 atom stereocenters. The van der Waals surface area contributed by atoms with Gasteiger partial charge in [-0.15, -0.1) is 0 Å². The SMILES string of the molecule is CCC(CC(CC)c1ccc(C2S[S+]2[O-])cc1)C(=O)OC. The summed E-state index contributed by atoms with van der Waals surface area (Å²) in [6.45, 7) is 4.17. The molecule has 4 unspecified atom stereocenters. The fourth-order valence-electron chi connectivity index (χ4n) is 2.63. The van der Waals surface area contributed by atoms with Gasteiger partial charge in [-0.2, -0.15) is 0 Å². The second kappa shape index (κ2) is 7.56. The minimum atomic E-state index is -0.731. The molecule has 1 aliphatic heterocycles. The standard InChI is InChI=1S/C16H22O3S2/c1-4-11(10-12(5-2)15(17)19-3)13-6-8-14(9-7-13)16-20-21(16)18/h6-9,11-12,16H,4-5,10H2,1-3H3. The lowest BCUT2D eigenvalue weighted by atomic mass is 9.85. The van der Waals surface area contributed by atoms with E-state index in [1.54, 1.807) is 0 Å². The highest BCUT2D eigenvalue weighted by atomic mass is 33.2. The van der Waals surface area contributed by atoms with Gasteiger partial charge in [0.2, 0.25) is 4.58 Å². The zero-order valence-electron chi connectivity index (χ0n) is 12.7. The van der Waals surface area contributed by atoms with Crippen LogP contribution in [0.15, 0.2) is 24.3 Å². The van der Waals surface area contributed by atoms with Crippen molar-refractivity contribution in [3.63, 3.8) is 0 Å². The van der Waals surface area contributed by atoms with E-state index < -0.39 is 10.2 Å². The van der Waals surface area contributed by atoms with Crippen LogP contribution in [0.3, 0.4) is 0 Å². The lowest BCUT2D eigenvalue weighted by Crippen LogP contribution is -2.18. The first-order valence-electron chi connectivity index (χ1n) is 7.36. The van der Waals surface area contributed by atoms with Crippen LogP contribution in [0.1, 0.15) is 54.7 Å². The molecule has 0 N–H and O–H groups in total. The average molecular weight is 326 g/mol. The number of esters is 1. The van der Waals surface area contributed by atoms with E-state index in [-0.39, 0.29) is 16.5 Å². The van der Waals surface area contributed by atoms with Crippen molar-refractivity contribution in [3.8, 4) is 0 Å². The summed E-state index contributed by atoms with van der Waals surface area (Å²) in [7, 11) is 2.22. The minimum absolute atomic E-state index is 0.0360. The van der Waals surface area contributed by atoms with Crippen molar-refractivity contribution in [1.82, 2.24) is 0 Å². The number of carbonyl (C=O) groups is 1. The van der Waals surface area contributed by atoms with Crippen molar-refractivity contribution in [2.45, 2.75) is 43.6 Å². The summed E-state index contributed by atoms with van der Waals surface area (Å²) in [5.41, 5.74) is 2.39. The summed E-state index contributed by atoms with van der Waals surface area (Å²) < 4.78 is 16.3. The van der Waals surface area contributed by atoms with E-state index in [0.29, 0.717) is 5.92 Å². The first kappa shape index (κ1) is 16.7. The highest BCUT2D eigenvalue weighted by molar-refractivity contribution is 8.87. The Kier molecular flexibility index (Phi) is 6.02. The Morgan fingerprint density at radius 3 is 2.38 bits per heavy atom. The molecule has 0 amide bonds. The molecular weight excluding hydrogens is 304 g/mol. The number of benzene rings is 1.